The second kappa shape index (κ2) is 6.91. The van der Waals surface area contributed by atoms with Crippen molar-refractivity contribution in [3.05, 3.63) is 53.9 Å². The number of aromatic nitrogens is 1. The van der Waals surface area contributed by atoms with E-state index in [9.17, 15) is 4.79 Å². The summed E-state index contributed by atoms with van der Waals surface area (Å²) in [6, 6.07) is 13.7. The molecule has 1 aliphatic rings. The summed E-state index contributed by atoms with van der Waals surface area (Å²) in [5.41, 5.74) is 2.46. The summed E-state index contributed by atoms with van der Waals surface area (Å²) >= 11 is 0. The molecule has 1 atom stereocenters. The molecule has 5 nitrogen and oxygen atoms in total. The quantitative estimate of drug-likeness (QED) is 0.870. The van der Waals surface area contributed by atoms with E-state index in [4.69, 9.17) is 4.74 Å². The van der Waals surface area contributed by atoms with Gasteiger partial charge in [0.2, 0.25) is 0 Å². The number of nitrogens with zero attached hydrogens (tertiary/aromatic N) is 3. The molecule has 24 heavy (non-hydrogen) atoms. The molecule has 0 aliphatic carbocycles. The third kappa shape index (κ3) is 3.20. The molecule has 2 aromatic rings. The van der Waals surface area contributed by atoms with Crippen molar-refractivity contribution in [3.63, 3.8) is 0 Å². The van der Waals surface area contributed by atoms with Crippen LogP contribution in [0.2, 0.25) is 0 Å². The zero-order valence-electron chi connectivity index (χ0n) is 14.4. The van der Waals surface area contributed by atoms with Gasteiger partial charge in [0.05, 0.1) is 12.8 Å². The van der Waals surface area contributed by atoms with Gasteiger partial charge in [-0.25, -0.2) is 4.98 Å². The monoisotopic (exact) mass is 325 g/mol. The molecule has 1 saturated heterocycles. The Hall–Kier alpha value is -2.56. The summed E-state index contributed by atoms with van der Waals surface area (Å²) in [5, 5.41) is 0. The first-order chi connectivity index (χ1) is 11.6. The van der Waals surface area contributed by atoms with Crippen molar-refractivity contribution < 1.29 is 9.53 Å². The Morgan fingerprint density at radius 1 is 1.17 bits per heavy atom. The van der Waals surface area contributed by atoms with Crippen LogP contribution in [-0.4, -0.2) is 48.6 Å². The second-order valence-electron chi connectivity index (χ2n) is 6.13. The first-order valence-electron chi connectivity index (χ1n) is 8.22. The molecule has 0 radical (unpaired) electrons. The van der Waals surface area contributed by atoms with Gasteiger partial charge in [0.15, 0.2) is 0 Å². The first-order valence-corrected chi connectivity index (χ1v) is 8.22. The van der Waals surface area contributed by atoms with Crippen LogP contribution in [0.1, 0.15) is 23.1 Å². The Balaban J connectivity index is 1.75. The maximum absolute atomic E-state index is 12.7. The van der Waals surface area contributed by atoms with E-state index in [-0.39, 0.29) is 11.9 Å². The number of rotatable bonds is 3. The molecular formula is C19H23N3O2. The summed E-state index contributed by atoms with van der Waals surface area (Å²) in [6.07, 6.45) is 0. The Kier molecular flexibility index (Phi) is 4.69. The SMILES string of the molecule is COc1ccccc1N1CCN(C(=O)c2cccc(C)n2)[C@H](C)C1. The van der Waals surface area contributed by atoms with Crippen LogP contribution in [0.3, 0.4) is 0 Å². The van der Waals surface area contributed by atoms with E-state index >= 15 is 0 Å². The van der Waals surface area contributed by atoms with Crippen molar-refractivity contribution in [1.29, 1.82) is 0 Å². The van der Waals surface area contributed by atoms with Crippen LogP contribution in [0.5, 0.6) is 5.75 Å². The second-order valence-corrected chi connectivity index (χ2v) is 6.13. The lowest BCUT2D eigenvalue weighted by Crippen LogP contribution is -2.54. The average molecular weight is 325 g/mol. The van der Waals surface area contributed by atoms with Crippen molar-refractivity contribution in [3.8, 4) is 5.75 Å². The summed E-state index contributed by atoms with van der Waals surface area (Å²) in [6.45, 7) is 6.21. The van der Waals surface area contributed by atoms with E-state index in [0.717, 1.165) is 30.2 Å². The van der Waals surface area contributed by atoms with Gasteiger partial charge in [-0.3, -0.25) is 4.79 Å². The lowest BCUT2D eigenvalue weighted by atomic mass is 10.1. The van der Waals surface area contributed by atoms with E-state index in [2.05, 4.69) is 22.9 Å². The molecule has 5 heteroatoms. The Morgan fingerprint density at radius 2 is 1.96 bits per heavy atom. The molecule has 1 aromatic carbocycles. The zero-order chi connectivity index (χ0) is 17.1. The predicted molar refractivity (Wildman–Crippen MR) is 94.7 cm³/mol. The van der Waals surface area contributed by atoms with Gasteiger partial charge in [-0.05, 0) is 38.1 Å². The number of amides is 1. The van der Waals surface area contributed by atoms with E-state index < -0.39 is 0 Å². The lowest BCUT2D eigenvalue weighted by molar-refractivity contribution is 0.0667. The first kappa shape index (κ1) is 16.3. The fourth-order valence-electron chi connectivity index (χ4n) is 3.18. The highest BCUT2D eigenvalue weighted by molar-refractivity contribution is 5.92. The molecule has 1 aliphatic heterocycles. The van der Waals surface area contributed by atoms with Crippen LogP contribution in [0.25, 0.3) is 0 Å². The molecule has 126 valence electrons. The number of hydrogen-bond acceptors (Lipinski definition) is 4. The number of anilines is 1. The summed E-state index contributed by atoms with van der Waals surface area (Å²) in [5.74, 6) is 0.871. The molecule has 0 saturated carbocycles. The Morgan fingerprint density at radius 3 is 2.67 bits per heavy atom. The lowest BCUT2D eigenvalue weighted by Gasteiger charge is -2.41. The number of pyridine rings is 1. The van der Waals surface area contributed by atoms with Crippen LogP contribution < -0.4 is 9.64 Å². The summed E-state index contributed by atoms with van der Waals surface area (Å²) < 4.78 is 5.46. The van der Waals surface area contributed by atoms with Crippen molar-refractivity contribution in [2.24, 2.45) is 0 Å². The van der Waals surface area contributed by atoms with E-state index in [1.165, 1.54) is 0 Å². The van der Waals surface area contributed by atoms with Gasteiger partial charge in [-0.15, -0.1) is 0 Å². The van der Waals surface area contributed by atoms with Crippen molar-refractivity contribution >= 4 is 11.6 Å². The van der Waals surface area contributed by atoms with Gasteiger partial charge in [0.1, 0.15) is 11.4 Å². The minimum atomic E-state index is 0.00544. The van der Waals surface area contributed by atoms with Crippen LogP contribution in [-0.2, 0) is 0 Å². The van der Waals surface area contributed by atoms with Gasteiger partial charge in [0, 0.05) is 31.4 Å². The molecular weight excluding hydrogens is 302 g/mol. The van der Waals surface area contributed by atoms with Gasteiger partial charge in [-0.2, -0.15) is 0 Å². The molecule has 0 spiro atoms. The molecule has 0 bridgehead atoms. The highest BCUT2D eigenvalue weighted by Gasteiger charge is 2.29. The topological polar surface area (TPSA) is 45.7 Å². The van der Waals surface area contributed by atoms with E-state index in [1.54, 1.807) is 13.2 Å². The van der Waals surface area contributed by atoms with Gasteiger partial charge in [0.25, 0.3) is 5.91 Å². The maximum Gasteiger partial charge on any atom is 0.272 e. The van der Waals surface area contributed by atoms with Crippen LogP contribution in [0.15, 0.2) is 42.5 Å². The largest absolute Gasteiger partial charge is 0.495 e. The molecule has 1 amide bonds. The van der Waals surface area contributed by atoms with Crippen molar-refractivity contribution in [1.82, 2.24) is 9.88 Å². The Bertz CT molecular complexity index is 732. The number of hydrogen-bond donors (Lipinski definition) is 0. The number of methoxy groups -OCH3 is 1. The highest BCUT2D eigenvalue weighted by atomic mass is 16.5. The number of piperazine rings is 1. The number of carbonyl (C=O) groups excluding carboxylic acids is 1. The van der Waals surface area contributed by atoms with Crippen LogP contribution in [0.4, 0.5) is 5.69 Å². The predicted octanol–water partition coefficient (Wildman–Crippen LogP) is 2.75. The highest BCUT2D eigenvalue weighted by Crippen LogP contribution is 2.29. The number of ether oxygens (including phenoxy) is 1. The molecule has 0 unspecified atom stereocenters. The summed E-state index contributed by atoms with van der Waals surface area (Å²) in [4.78, 5) is 21.3. The summed E-state index contributed by atoms with van der Waals surface area (Å²) in [7, 11) is 1.69. The molecule has 0 N–H and O–H groups in total. The minimum Gasteiger partial charge on any atom is -0.495 e. The molecule has 2 heterocycles. The van der Waals surface area contributed by atoms with Gasteiger partial charge < -0.3 is 14.5 Å². The normalized spacial score (nSPS) is 17.7. The maximum atomic E-state index is 12.7. The van der Waals surface area contributed by atoms with Crippen LogP contribution in [0, 0.1) is 6.92 Å². The van der Waals surface area contributed by atoms with Gasteiger partial charge in [-0.1, -0.05) is 18.2 Å². The van der Waals surface area contributed by atoms with Crippen molar-refractivity contribution in [2.75, 3.05) is 31.6 Å². The molecule has 3 rings (SSSR count). The number of aryl methyl sites for hydroxylation is 1. The van der Waals surface area contributed by atoms with E-state index in [1.807, 2.05) is 42.2 Å². The third-order valence-electron chi connectivity index (χ3n) is 4.42. The number of para-hydroxylation sites is 2. The van der Waals surface area contributed by atoms with Crippen molar-refractivity contribution in [2.45, 2.75) is 19.9 Å². The molecule has 1 fully saturated rings. The average Bonchev–Trinajstić information content (AvgIpc) is 2.61. The number of benzene rings is 1. The minimum absolute atomic E-state index is 0.00544. The Labute approximate surface area is 142 Å². The van der Waals surface area contributed by atoms with E-state index in [0.29, 0.717) is 12.2 Å². The molecule has 1 aromatic heterocycles. The fraction of sp³-hybridized carbons (Fsp3) is 0.368. The van der Waals surface area contributed by atoms with Gasteiger partial charge >= 0.3 is 0 Å². The number of carbonyl (C=O) groups is 1. The van der Waals surface area contributed by atoms with Crippen LogP contribution >= 0.6 is 0 Å². The smallest absolute Gasteiger partial charge is 0.272 e. The fourth-order valence-corrected chi connectivity index (χ4v) is 3.18. The zero-order valence-corrected chi connectivity index (χ0v) is 14.4. The standard InChI is InChI=1S/C19H23N3O2/c1-14-7-6-8-16(20-14)19(23)22-12-11-21(13-15(22)2)17-9-4-5-10-18(17)24-3/h4-10,15H,11-13H2,1-3H3/t15-/m1/s1. The third-order valence-corrected chi connectivity index (χ3v) is 4.42.